The van der Waals surface area contributed by atoms with Crippen LogP contribution in [0.5, 0.6) is 0 Å². The smallest absolute Gasteiger partial charge is 0.226 e. The van der Waals surface area contributed by atoms with Gasteiger partial charge in [0.1, 0.15) is 5.76 Å². The van der Waals surface area contributed by atoms with Gasteiger partial charge in [0.15, 0.2) is 4.67 Å². The minimum Gasteiger partial charge on any atom is -0.452 e. The molecule has 0 spiro atoms. The normalized spacial score (nSPS) is 28.4. The van der Waals surface area contributed by atoms with Gasteiger partial charge < -0.3 is 15.1 Å². The van der Waals surface area contributed by atoms with E-state index >= 15 is 0 Å². The van der Waals surface area contributed by atoms with Crippen molar-refractivity contribution in [1.82, 2.24) is 4.90 Å². The number of halogens is 1. The van der Waals surface area contributed by atoms with E-state index in [9.17, 15) is 4.79 Å². The molecule has 1 amide bonds. The van der Waals surface area contributed by atoms with Crippen LogP contribution in [0.3, 0.4) is 0 Å². The molecule has 4 nitrogen and oxygen atoms in total. The van der Waals surface area contributed by atoms with E-state index in [1.807, 2.05) is 19.2 Å². The summed E-state index contributed by atoms with van der Waals surface area (Å²) in [5.41, 5.74) is 6.10. The number of hydrogen-bond acceptors (Lipinski definition) is 3. The monoisotopic (exact) mass is 356 g/mol. The van der Waals surface area contributed by atoms with E-state index in [2.05, 4.69) is 36.7 Å². The lowest BCUT2D eigenvalue weighted by atomic mass is 9.61. The number of carbonyl (C=O) groups excluding carboxylic acids is 1. The van der Waals surface area contributed by atoms with E-state index in [0.717, 1.165) is 18.6 Å². The van der Waals surface area contributed by atoms with Gasteiger partial charge in [-0.15, -0.1) is 0 Å². The fraction of sp³-hybridized carbons (Fsp3) is 0.688. The van der Waals surface area contributed by atoms with Crippen molar-refractivity contribution in [3.05, 3.63) is 22.6 Å². The van der Waals surface area contributed by atoms with E-state index in [0.29, 0.717) is 17.1 Å². The Labute approximate surface area is 135 Å². The van der Waals surface area contributed by atoms with Gasteiger partial charge >= 0.3 is 0 Å². The third-order valence-electron chi connectivity index (χ3n) is 5.20. The van der Waals surface area contributed by atoms with Crippen LogP contribution in [0.1, 0.15) is 39.4 Å². The minimum atomic E-state index is -0.0766. The molecule has 0 saturated heterocycles. The Morgan fingerprint density at radius 2 is 2.14 bits per heavy atom. The van der Waals surface area contributed by atoms with Crippen LogP contribution in [0.4, 0.5) is 0 Å². The van der Waals surface area contributed by atoms with Crippen LogP contribution < -0.4 is 5.73 Å². The number of nitrogens with zero attached hydrogens (tertiary/aromatic N) is 1. The molecule has 3 atom stereocenters. The van der Waals surface area contributed by atoms with Crippen molar-refractivity contribution in [2.75, 3.05) is 7.05 Å². The molecule has 3 unspecified atom stereocenters. The van der Waals surface area contributed by atoms with Crippen molar-refractivity contribution in [3.63, 3.8) is 0 Å². The lowest BCUT2D eigenvalue weighted by Crippen LogP contribution is -2.51. The second-order valence-corrected chi connectivity index (χ2v) is 7.59. The van der Waals surface area contributed by atoms with E-state index in [-0.39, 0.29) is 23.3 Å². The number of rotatable bonds is 3. The minimum absolute atomic E-state index is 0.0238. The summed E-state index contributed by atoms with van der Waals surface area (Å²) in [5.74, 6) is 1.34. The highest BCUT2D eigenvalue weighted by Crippen LogP contribution is 2.45. The Balaban J connectivity index is 2.08. The average molecular weight is 357 g/mol. The van der Waals surface area contributed by atoms with E-state index in [1.165, 1.54) is 0 Å². The van der Waals surface area contributed by atoms with E-state index in [1.54, 1.807) is 4.90 Å². The maximum Gasteiger partial charge on any atom is 0.226 e. The third kappa shape index (κ3) is 3.34. The summed E-state index contributed by atoms with van der Waals surface area (Å²) < 4.78 is 6.18. The van der Waals surface area contributed by atoms with Crippen molar-refractivity contribution in [2.24, 2.45) is 23.0 Å². The highest BCUT2D eigenvalue weighted by molar-refractivity contribution is 9.10. The largest absolute Gasteiger partial charge is 0.452 e. The number of amides is 1. The maximum absolute atomic E-state index is 12.8. The van der Waals surface area contributed by atoms with Crippen molar-refractivity contribution in [1.29, 1.82) is 0 Å². The molecule has 1 heterocycles. The highest BCUT2D eigenvalue weighted by Gasteiger charge is 2.45. The topological polar surface area (TPSA) is 59.5 Å². The predicted octanol–water partition coefficient (Wildman–Crippen LogP) is 3.40. The van der Waals surface area contributed by atoms with Crippen LogP contribution >= 0.6 is 15.9 Å². The zero-order valence-corrected chi connectivity index (χ0v) is 14.8. The summed E-state index contributed by atoms with van der Waals surface area (Å²) in [7, 11) is 1.84. The zero-order valence-electron chi connectivity index (χ0n) is 13.2. The molecule has 1 saturated carbocycles. The number of nitrogens with two attached hydrogens (primary N) is 1. The Hall–Kier alpha value is -0.810. The maximum atomic E-state index is 12.8. The molecule has 118 valence electrons. The molecule has 1 fully saturated rings. The first-order valence-corrected chi connectivity index (χ1v) is 8.27. The van der Waals surface area contributed by atoms with Crippen molar-refractivity contribution < 1.29 is 9.21 Å². The first-order valence-electron chi connectivity index (χ1n) is 7.48. The van der Waals surface area contributed by atoms with Crippen LogP contribution in [0.15, 0.2) is 21.2 Å². The van der Waals surface area contributed by atoms with Crippen molar-refractivity contribution in [3.8, 4) is 0 Å². The molecule has 0 bridgehead atoms. The predicted molar refractivity (Wildman–Crippen MR) is 86.5 cm³/mol. The van der Waals surface area contributed by atoms with Gasteiger partial charge in [0.2, 0.25) is 5.91 Å². The molecular weight excluding hydrogens is 332 g/mol. The summed E-state index contributed by atoms with van der Waals surface area (Å²) in [6, 6.07) is 3.92. The van der Waals surface area contributed by atoms with Crippen molar-refractivity contribution >= 4 is 21.8 Å². The second-order valence-electron chi connectivity index (χ2n) is 6.80. The zero-order chi connectivity index (χ0) is 15.8. The average Bonchev–Trinajstić information content (AvgIpc) is 2.81. The van der Waals surface area contributed by atoms with Gasteiger partial charge in [0, 0.05) is 19.0 Å². The molecule has 0 aromatic carbocycles. The quantitative estimate of drug-likeness (QED) is 0.902. The van der Waals surface area contributed by atoms with Gasteiger partial charge in [-0.1, -0.05) is 20.8 Å². The lowest BCUT2D eigenvalue weighted by molar-refractivity contribution is -0.142. The molecule has 0 aliphatic heterocycles. The molecule has 1 aliphatic carbocycles. The molecule has 1 aromatic rings. The SMILES string of the molecule is CC1C(N)CCC(C(=O)N(C)Cc2ccc(Br)o2)C1(C)C. The Morgan fingerprint density at radius 3 is 2.71 bits per heavy atom. The van der Waals surface area contributed by atoms with Crippen LogP contribution in [0.25, 0.3) is 0 Å². The Bertz CT molecular complexity index is 512. The summed E-state index contributed by atoms with van der Waals surface area (Å²) in [6.45, 7) is 6.98. The molecule has 2 rings (SSSR count). The highest BCUT2D eigenvalue weighted by atomic mass is 79.9. The molecule has 2 N–H and O–H groups in total. The van der Waals surface area contributed by atoms with Crippen LogP contribution in [0.2, 0.25) is 0 Å². The fourth-order valence-corrected chi connectivity index (χ4v) is 3.65. The van der Waals surface area contributed by atoms with Gasteiger partial charge in [0.25, 0.3) is 0 Å². The first-order chi connectivity index (χ1) is 9.73. The fourth-order valence-electron chi connectivity index (χ4n) is 3.31. The Kier molecular flexibility index (Phi) is 4.83. The van der Waals surface area contributed by atoms with Gasteiger partial charge in [-0.05, 0) is 52.2 Å². The number of furan rings is 1. The lowest BCUT2D eigenvalue weighted by Gasteiger charge is -2.46. The van der Waals surface area contributed by atoms with Crippen LogP contribution in [0, 0.1) is 17.3 Å². The summed E-state index contributed by atoms with van der Waals surface area (Å²) in [4.78, 5) is 14.6. The van der Waals surface area contributed by atoms with Gasteiger partial charge in [-0.2, -0.15) is 0 Å². The van der Waals surface area contributed by atoms with Gasteiger partial charge in [-0.3, -0.25) is 4.79 Å². The molecule has 1 aliphatic rings. The molecule has 0 radical (unpaired) electrons. The summed E-state index contributed by atoms with van der Waals surface area (Å²) in [5, 5.41) is 0. The summed E-state index contributed by atoms with van der Waals surface area (Å²) in [6.07, 6.45) is 1.78. The molecule has 5 heteroatoms. The summed E-state index contributed by atoms with van der Waals surface area (Å²) >= 11 is 3.28. The Morgan fingerprint density at radius 1 is 1.48 bits per heavy atom. The van der Waals surface area contributed by atoms with Crippen molar-refractivity contribution in [2.45, 2.75) is 46.2 Å². The molecule has 1 aromatic heterocycles. The van der Waals surface area contributed by atoms with Gasteiger partial charge in [-0.25, -0.2) is 0 Å². The van der Waals surface area contributed by atoms with Gasteiger partial charge in [0.05, 0.1) is 6.54 Å². The molecule has 21 heavy (non-hydrogen) atoms. The van der Waals surface area contributed by atoms with Crippen LogP contribution in [-0.4, -0.2) is 23.9 Å². The third-order valence-corrected chi connectivity index (χ3v) is 5.62. The number of carbonyl (C=O) groups is 1. The second kappa shape index (κ2) is 6.13. The van der Waals surface area contributed by atoms with Crippen LogP contribution in [-0.2, 0) is 11.3 Å². The van der Waals surface area contributed by atoms with E-state index in [4.69, 9.17) is 10.2 Å². The number of hydrogen-bond donors (Lipinski definition) is 1. The first kappa shape index (κ1) is 16.6. The molecular formula is C16H25BrN2O2. The van der Waals surface area contributed by atoms with E-state index < -0.39 is 0 Å². The standard InChI is InChI=1S/C16H25BrN2O2/c1-10-13(18)7-6-12(16(10,2)3)15(20)19(4)9-11-5-8-14(17)21-11/h5,8,10,12-13H,6-7,9,18H2,1-4H3.